The molecule has 152 valence electrons. The van der Waals surface area contributed by atoms with Crippen molar-refractivity contribution in [3.05, 3.63) is 29.0 Å². The fourth-order valence-electron chi connectivity index (χ4n) is 2.97. The first-order chi connectivity index (χ1) is 13.3. The molecule has 9 nitrogen and oxygen atoms in total. The largest absolute Gasteiger partial charge is 0.373 e. The number of morpholine rings is 1. The third kappa shape index (κ3) is 4.90. The van der Waals surface area contributed by atoms with Crippen LogP contribution in [0.5, 0.6) is 0 Å². The van der Waals surface area contributed by atoms with E-state index >= 15 is 0 Å². The number of thiazole rings is 1. The van der Waals surface area contributed by atoms with Crippen LogP contribution < -0.4 is 5.32 Å². The lowest BCUT2D eigenvalue weighted by Gasteiger charge is -2.34. The minimum Gasteiger partial charge on any atom is -0.373 e. The first kappa shape index (κ1) is 20.8. The Morgan fingerprint density at radius 3 is 2.57 bits per heavy atom. The summed E-state index contributed by atoms with van der Waals surface area (Å²) < 4.78 is 32.1. The third-order valence-corrected chi connectivity index (χ3v) is 7.14. The molecule has 0 bridgehead atoms. The highest BCUT2D eigenvalue weighted by molar-refractivity contribution is 7.89. The van der Waals surface area contributed by atoms with Crippen LogP contribution in [0.3, 0.4) is 0 Å². The van der Waals surface area contributed by atoms with Gasteiger partial charge in [0.05, 0.1) is 23.7 Å². The van der Waals surface area contributed by atoms with Crippen molar-refractivity contribution in [3.63, 3.8) is 0 Å². The van der Waals surface area contributed by atoms with Crippen LogP contribution in [0.2, 0.25) is 0 Å². The standard InChI is InChI=1S/C17H23N5O4S2/c1-11-9-22(10-12(2)26-11)28(24,25)8-7-20-16(23)14-13(3)21-17(27-14)15-18-5-4-6-19-15/h4-6,11-12H,7-10H2,1-3H3,(H,20,23). The van der Waals surface area contributed by atoms with Crippen molar-refractivity contribution < 1.29 is 17.9 Å². The number of carbonyl (C=O) groups is 1. The van der Waals surface area contributed by atoms with Crippen molar-refractivity contribution in [3.8, 4) is 10.8 Å². The Morgan fingerprint density at radius 2 is 1.93 bits per heavy atom. The van der Waals surface area contributed by atoms with Crippen molar-refractivity contribution in [1.82, 2.24) is 24.6 Å². The summed E-state index contributed by atoms with van der Waals surface area (Å²) in [6, 6.07) is 1.70. The summed E-state index contributed by atoms with van der Waals surface area (Å²) in [4.78, 5) is 25.5. The van der Waals surface area contributed by atoms with Crippen molar-refractivity contribution in [2.45, 2.75) is 33.0 Å². The zero-order valence-corrected chi connectivity index (χ0v) is 17.6. The number of rotatable bonds is 6. The van der Waals surface area contributed by atoms with Gasteiger partial charge in [-0.1, -0.05) is 0 Å². The third-order valence-electron chi connectivity index (χ3n) is 4.18. The van der Waals surface area contributed by atoms with Crippen LogP contribution in [-0.4, -0.2) is 71.2 Å². The molecule has 0 spiro atoms. The van der Waals surface area contributed by atoms with Crippen LogP contribution in [0.1, 0.15) is 29.2 Å². The molecule has 1 amide bonds. The Morgan fingerprint density at radius 1 is 1.29 bits per heavy atom. The van der Waals surface area contributed by atoms with Gasteiger partial charge in [-0.2, -0.15) is 4.31 Å². The molecule has 2 atom stereocenters. The molecule has 0 aliphatic carbocycles. The van der Waals surface area contributed by atoms with E-state index in [2.05, 4.69) is 20.3 Å². The first-order valence-corrected chi connectivity index (χ1v) is 11.3. The molecule has 1 aliphatic heterocycles. The highest BCUT2D eigenvalue weighted by Crippen LogP contribution is 2.25. The van der Waals surface area contributed by atoms with Crippen LogP contribution in [0.25, 0.3) is 10.8 Å². The van der Waals surface area contributed by atoms with Gasteiger partial charge in [-0.25, -0.2) is 23.4 Å². The van der Waals surface area contributed by atoms with E-state index < -0.39 is 10.0 Å². The molecule has 1 aliphatic rings. The number of aromatic nitrogens is 3. The quantitative estimate of drug-likeness (QED) is 0.736. The molecule has 1 saturated heterocycles. The molecule has 1 N–H and O–H groups in total. The molecule has 2 aromatic heterocycles. The van der Waals surface area contributed by atoms with Crippen LogP contribution in [0, 0.1) is 6.92 Å². The maximum Gasteiger partial charge on any atom is 0.263 e. The fourth-order valence-corrected chi connectivity index (χ4v) is 5.40. The summed E-state index contributed by atoms with van der Waals surface area (Å²) in [5, 5.41) is 3.22. The average molecular weight is 426 g/mol. The van der Waals surface area contributed by atoms with Gasteiger partial charge < -0.3 is 10.1 Å². The highest BCUT2D eigenvalue weighted by Gasteiger charge is 2.30. The van der Waals surface area contributed by atoms with E-state index in [0.29, 0.717) is 34.5 Å². The summed E-state index contributed by atoms with van der Waals surface area (Å²) in [6.45, 7) is 6.10. The Hall–Kier alpha value is -1.95. The van der Waals surface area contributed by atoms with Gasteiger partial charge in [-0.3, -0.25) is 4.79 Å². The van der Waals surface area contributed by atoms with Gasteiger partial charge in [0.15, 0.2) is 10.8 Å². The fraction of sp³-hybridized carbons (Fsp3) is 0.529. The molecule has 1 fully saturated rings. The molecular formula is C17H23N5O4S2. The van der Waals surface area contributed by atoms with E-state index in [1.807, 2.05) is 13.8 Å². The van der Waals surface area contributed by atoms with Gasteiger partial charge in [-0.05, 0) is 26.8 Å². The molecule has 2 aromatic rings. The smallest absolute Gasteiger partial charge is 0.263 e. The van der Waals surface area contributed by atoms with E-state index in [4.69, 9.17) is 4.74 Å². The van der Waals surface area contributed by atoms with Gasteiger partial charge in [0.25, 0.3) is 5.91 Å². The second kappa shape index (κ2) is 8.60. The van der Waals surface area contributed by atoms with Crippen molar-refractivity contribution in [2.24, 2.45) is 0 Å². The summed E-state index contributed by atoms with van der Waals surface area (Å²) in [5.74, 6) is -0.0612. The Bertz CT molecular complexity index is 922. The molecule has 28 heavy (non-hydrogen) atoms. The van der Waals surface area contributed by atoms with E-state index in [1.165, 1.54) is 15.6 Å². The monoisotopic (exact) mass is 425 g/mol. The maximum atomic E-state index is 12.5. The second-order valence-electron chi connectivity index (χ2n) is 6.65. The molecule has 3 heterocycles. The second-order valence-corrected chi connectivity index (χ2v) is 9.74. The Labute approximate surface area is 168 Å². The van der Waals surface area contributed by atoms with E-state index in [9.17, 15) is 13.2 Å². The lowest BCUT2D eigenvalue weighted by atomic mass is 10.3. The lowest BCUT2D eigenvalue weighted by Crippen LogP contribution is -2.49. The molecular weight excluding hydrogens is 402 g/mol. The van der Waals surface area contributed by atoms with Gasteiger partial charge in [-0.15, -0.1) is 11.3 Å². The average Bonchev–Trinajstić information content (AvgIpc) is 3.03. The minimum atomic E-state index is -3.47. The van der Waals surface area contributed by atoms with Gasteiger partial charge in [0.1, 0.15) is 4.88 Å². The van der Waals surface area contributed by atoms with Crippen molar-refractivity contribution >= 4 is 27.3 Å². The molecule has 0 aromatic carbocycles. The zero-order chi connectivity index (χ0) is 20.3. The number of ether oxygens (including phenoxy) is 1. The molecule has 2 unspecified atom stereocenters. The molecule has 0 radical (unpaired) electrons. The number of nitrogens with one attached hydrogen (secondary N) is 1. The van der Waals surface area contributed by atoms with E-state index in [0.717, 1.165) is 0 Å². The minimum absolute atomic E-state index is 0.0236. The summed E-state index contributed by atoms with van der Waals surface area (Å²) >= 11 is 1.18. The van der Waals surface area contributed by atoms with Gasteiger partial charge in [0.2, 0.25) is 10.0 Å². The van der Waals surface area contributed by atoms with Gasteiger partial charge >= 0.3 is 0 Å². The summed E-state index contributed by atoms with van der Waals surface area (Å²) in [5.41, 5.74) is 0.559. The maximum absolute atomic E-state index is 12.5. The zero-order valence-electron chi connectivity index (χ0n) is 16.0. The van der Waals surface area contributed by atoms with Crippen LogP contribution >= 0.6 is 11.3 Å². The van der Waals surface area contributed by atoms with Crippen molar-refractivity contribution in [1.29, 1.82) is 0 Å². The summed E-state index contributed by atoms with van der Waals surface area (Å²) in [7, 11) is -3.47. The predicted molar refractivity (Wildman–Crippen MR) is 106 cm³/mol. The van der Waals surface area contributed by atoms with Crippen LogP contribution in [-0.2, 0) is 14.8 Å². The van der Waals surface area contributed by atoms with Crippen LogP contribution in [0.15, 0.2) is 18.5 Å². The van der Waals surface area contributed by atoms with Crippen LogP contribution in [0.4, 0.5) is 0 Å². The molecule has 11 heteroatoms. The number of carbonyl (C=O) groups excluding carboxylic acids is 1. The summed E-state index contributed by atoms with van der Waals surface area (Å²) in [6.07, 6.45) is 2.92. The first-order valence-electron chi connectivity index (χ1n) is 8.92. The lowest BCUT2D eigenvalue weighted by molar-refractivity contribution is -0.0440. The predicted octanol–water partition coefficient (Wildman–Crippen LogP) is 1.08. The van der Waals surface area contributed by atoms with E-state index in [-0.39, 0.29) is 30.4 Å². The van der Waals surface area contributed by atoms with Crippen molar-refractivity contribution in [2.75, 3.05) is 25.4 Å². The number of sulfonamides is 1. The number of hydrogen-bond acceptors (Lipinski definition) is 8. The number of aryl methyl sites for hydroxylation is 1. The number of hydrogen-bond donors (Lipinski definition) is 1. The molecule has 3 rings (SSSR count). The van der Waals surface area contributed by atoms with E-state index in [1.54, 1.807) is 25.4 Å². The Balaban J connectivity index is 1.59. The van der Waals surface area contributed by atoms with Gasteiger partial charge in [0, 0.05) is 32.0 Å². The Kier molecular flexibility index (Phi) is 6.38. The molecule has 0 saturated carbocycles. The number of amides is 1. The topological polar surface area (TPSA) is 114 Å². The highest BCUT2D eigenvalue weighted by atomic mass is 32.2. The number of nitrogens with zero attached hydrogens (tertiary/aromatic N) is 4. The normalized spacial score (nSPS) is 20.8. The SMILES string of the molecule is Cc1nc(-c2ncccn2)sc1C(=O)NCCS(=O)(=O)N1CC(C)OC(C)C1.